The van der Waals surface area contributed by atoms with Gasteiger partial charge < -0.3 is 19.9 Å². The van der Waals surface area contributed by atoms with Crippen LogP contribution in [-0.4, -0.2) is 37.6 Å². The minimum Gasteiger partial charge on any atom is -0.497 e. The summed E-state index contributed by atoms with van der Waals surface area (Å²) in [5.41, 5.74) is 0.934. The molecule has 2 atom stereocenters. The maximum Gasteiger partial charge on any atom is 0.120 e. The van der Waals surface area contributed by atoms with E-state index in [1.165, 1.54) is 0 Å². The van der Waals surface area contributed by atoms with Gasteiger partial charge in [-0.25, -0.2) is 0 Å². The Morgan fingerprint density at radius 2 is 2.33 bits per heavy atom. The number of methoxy groups -OCH3 is 1. The van der Waals surface area contributed by atoms with E-state index in [1.54, 1.807) is 7.11 Å². The highest BCUT2D eigenvalue weighted by molar-refractivity contribution is 5.49. The normalized spacial score (nSPS) is 25.2. The fourth-order valence-corrected chi connectivity index (χ4v) is 1.61. The molecule has 15 heavy (non-hydrogen) atoms. The topological polar surface area (TPSA) is 50.7 Å². The van der Waals surface area contributed by atoms with Crippen molar-refractivity contribution in [2.24, 2.45) is 0 Å². The van der Waals surface area contributed by atoms with Crippen LogP contribution in [0.25, 0.3) is 0 Å². The first kappa shape index (κ1) is 10.3. The summed E-state index contributed by atoms with van der Waals surface area (Å²) < 4.78 is 10.3. The van der Waals surface area contributed by atoms with Crippen LogP contribution in [0.4, 0.5) is 5.69 Å². The van der Waals surface area contributed by atoms with E-state index < -0.39 is 6.10 Å². The zero-order valence-corrected chi connectivity index (χ0v) is 8.64. The third-order valence-electron chi connectivity index (χ3n) is 2.47. The molecule has 1 fully saturated rings. The van der Waals surface area contributed by atoms with Crippen LogP contribution in [0.1, 0.15) is 0 Å². The minimum atomic E-state index is -0.434. The predicted octanol–water partition coefficient (Wildman–Crippen LogP) is 0.867. The fraction of sp³-hybridized carbons (Fsp3) is 0.455. The number of aliphatic hydroxyl groups excluding tert-OH is 1. The van der Waals surface area contributed by atoms with Gasteiger partial charge in [0.05, 0.1) is 32.5 Å². The largest absolute Gasteiger partial charge is 0.497 e. The number of aliphatic hydroxyl groups is 1. The monoisotopic (exact) mass is 209 g/mol. The second kappa shape index (κ2) is 4.51. The second-order valence-corrected chi connectivity index (χ2v) is 3.59. The molecule has 1 aromatic rings. The number of hydrogen-bond donors (Lipinski definition) is 2. The molecule has 1 aliphatic rings. The van der Waals surface area contributed by atoms with Gasteiger partial charge in [0.1, 0.15) is 5.75 Å². The van der Waals surface area contributed by atoms with Gasteiger partial charge in [-0.2, -0.15) is 0 Å². The molecule has 0 spiro atoms. The number of nitrogens with one attached hydrogen (secondary N) is 1. The van der Waals surface area contributed by atoms with Crippen molar-refractivity contribution >= 4 is 5.69 Å². The van der Waals surface area contributed by atoms with E-state index >= 15 is 0 Å². The number of benzene rings is 1. The van der Waals surface area contributed by atoms with Crippen molar-refractivity contribution in [2.45, 2.75) is 12.1 Å². The molecule has 2 unspecified atom stereocenters. The molecule has 0 saturated carbocycles. The van der Waals surface area contributed by atoms with Crippen LogP contribution in [0.3, 0.4) is 0 Å². The van der Waals surface area contributed by atoms with Crippen molar-refractivity contribution < 1.29 is 14.6 Å². The van der Waals surface area contributed by atoms with Crippen molar-refractivity contribution in [3.63, 3.8) is 0 Å². The molecule has 0 aromatic heterocycles. The van der Waals surface area contributed by atoms with E-state index in [0.717, 1.165) is 11.4 Å². The van der Waals surface area contributed by atoms with Gasteiger partial charge in [0.15, 0.2) is 0 Å². The minimum absolute atomic E-state index is 0.0305. The summed E-state index contributed by atoms with van der Waals surface area (Å²) in [7, 11) is 1.63. The maximum atomic E-state index is 9.56. The molecule has 2 N–H and O–H groups in total. The van der Waals surface area contributed by atoms with Crippen molar-refractivity contribution in [3.05, 3.63) is 24.3 Å². The SMILES string of the molecule is COc1cccc(NC2COCC2O)c1. The molecule has 0 amide bonds. The summed E-state index contributed by atoms with van der Waals surface area (Å²) in [6.45, 7) is 0.944. The Labute approximate surface area is 88.8 Å². The Hall–Kier alpha value is -1.26. The third kappa shape index (κ3) is 2.40. The number of hydrogen-bond acceptors (Lipinski definition) is 4. The molecule has 0 aliphatic carbocycles. The highest BCUT2D eigenvalue weighted by atomic mass is 16.5. The van der Waals surface area contributed by atoms with Crippen LogP contribution in [0, 0.1) is 0 Å². The van der Waals surface area contributed by atoms with Gasteiger partial charge in [-0.3, -0.25) is 0 Å². The van der Waals surface area contributed by atoms with E-state index in [0.29, 0.717) is 13.2 Å². The van der Waals surface area contributed by atoms with Gasteiger partial charge >= 0.3 is 0 Å². The molecular formula is C11H15NO3. The first-order chi connectivity index (χ1) is 7.29. The van der Waals surface area contributed by atoms with Gasteiger partial charge in [-0.05, 0) is 12.1 Å². The van der Waals surface area contributed by atoms with E-state index in [4.69, 9.17) is 9.47 Å². The summed E-state index contributed by atoms with van der Waals surface area (Å²) in [4.78, 5) is 0. The Morgan fingerprint density at radius 1 is 1.47 bits per heavy atom. The molecule has 1 heterocycles. The van der Waals surface area contributed by atoms with Crippen LogP contribution in [0.5, 0.6) is 5.75 Å². The molecule has 0 radical (unpaired) electrons. The lowest BCUT2D eigenvalue weighted by Crippen LogP contribution is -2.31. The fourth-order valence-electron chi connectivity index (χ4n) is 1.61. The van der Waals surface area contributed by atoms with Crippen LogP contribution in [-0.2, 0) is 4.74 Å². The summed E-state index contributed by atoms with van der Waals surface area (Å²) in [5.74, 6) is 0.799. The average molecular weight is 209 g/mol. The number of ether oxygens (including phenoxy) is 2. The quantitative estimate of drug-likeness (QED) is 0.775. The van der Waals surface area contributed by atoms with Crippen molar-refractivity contribution in [1.82, 2.24) is 0 Å². The summed E-state index contributed by atoms with van der Waals surface area (Å²) in [6.07, 6.45) is -0.434. The van der Waals surface area contributed by atoms with Crippen LogP contribution in [0.15, 0.2) is 24.3 Å². The summed E-state index contributed by atoms with van der Waals surface area (Å²) in [5, 5.41) is 12.8. The van der Waals surface area contributed by atoms with Gasteiger partial charge in [0.25, 0.3) is 0 Å². The Balaban J connectivity index is 2.03. The second-order valence-electron chi connectivity index (χ2n) is 3.59. The zero-order chi connectivity index (χ0) is 10.7. The Morgan fingerprint density at radius 3 is 3.00 bits per heavy atom. The molecular weight excluding hydrogens is 194 g/mol. The first-order valence-corrected chi connectivity index (χ1v) is 4.96. The average Bonchev–Trinajstić information content (AvgIpc) is 2.65. The number of anilines is 1. The smallest absolute Gasteiger partial charge is 0.120 e. The molecule has 2 rings (SSSR count). The molecule has 1 aromatic carbocycles. The summed E-state index contributed by atoms with van der Waals surface area (Å²) >= 11 is 0. The van der Waals surface area contributed by atoms with Crippen molar-refractivity contribution in [3.8, 4) is 5.75 Å². The molecule has 1 aliphatic heterocycles. The van der Waals surface area contributed by atoms with E-state index in [9.17, 15) is 5.11 Å². The lowest BCUT2D eigenvalue weighted by Gasteiger charge is -2.16. The molecule has 4 nitrogen and oxygen atoms in total. The van der Waals surface area contributed by atoms with Crippen molar-refractivity contribution in [1.29, 1.82) is 0 Å². The Bertz CT molecular complexity index is 329. The van der Waals surface area contributed by atoms with E-state index in [2.05, 4.69) is 5.32 Å². The highest BCUT2D eigenvalue weighted by Gasteiger charge is 2.25. The van der Waals surface area contributed by atoms with Crippen LogP contribution >= 0.6 is 0 Å². The molecule has 0 bridgehead atoms. The lowest BCUT2D eigenvalue weighted by atomic mass is 10.2. The molecule has 1 saturated heterocycles. The van der Waals surface area contributed by atoms with Crippen LogP contribution in [0.2, 0.25) is 0 Å². The summed E-state index contributed by atoms with van der Waals surface area (Å²) in [6, 6.07) is 7.59. The maximum absolute atomic E-state index is 9.56. The van der Waals surface area contributed by atoms with Gasteiger partial charge in [0, 0.05) is 11.8 Å². The lowest BCUT2D eigenvalue weighted by molar-refractivity contribution is 0.125. The standard InChI is InChI=1S/C11H15NO3/c1-14-9-4-2-3-8(5-9)12-10-6-15-7-11(10)13/h2-5,10-13H,6-7H2,1H3. The first-order valence-electron chi connectivity index (χ1n) is 4.96. The molecule has 4 heteroatoms. The third-order valence-corrected chi connectivity index (χ3v) is 2.47. The van der Waals surface area contributed by atoms with E-state index in [-0.39, 0.29) is 6.04 Å². The predicted molar refractivity (Wildman–Crippen MR) is 57.2 cm³/mol. The Kier molecular flexibility index (Phi) is 3.08. The van der Waals surface area contributed by atoms with Crippen molar-refractivity contribution in [2.75, 3.05) is 25.6 Å². The highest BCUT2D eigenvalue weighted by Crippen LogP contribution is 2.19. The zero-order valence-electron chi connectivity index (χ0n) is 8.64. The van der Waals surface area contributed by atoms with Gasteiger partial charge in [0.2, 0.25) is 0 Å². The van der Waals surface area contributed by atoms with Crippen LogP contribution < -0.4 is 10.1 Å². The number of rotatable bonds is 3. The van der Waals surface area contributed by atoms with Gasteiger partial charge in [-0.1, -0.05) is 6.07 Å². The molecule has 82 valence electrons. The van der Waals surface area contributed by atoms with Gasteiger partial charge in [-0.15, -0.1) is 0 Å². The van der Waals surface area contributed by atoms with E-state index in [1.807, 2.05) is 24.3 Å².